The summed E-state index contributed by atoms with van der Waals surface area (Å²) in [6, 6.07) is 11.9. The lowest BCUT2D eigenvalue weighted by Crippen LogP contribution is -2.20. The molecule has 0 aromatic heterocycles. The van der Waals surface area contributed by atoms with Crippen molar-refractivity contribution in [2.24, 2.45) is 0 Å². The number of carbonyl (C=O) groups excluding carboxylic acids is 1. The Labute approximate surface area is 140 Å². The molecule has 0 aliphatic heterocycles. The summed E-state index contributed by atoms with van der Waals surface area (Å²) in [5, 5.41) is 13.4. The van der Waals surface area contributed by atoms with Crippen molar-refractivity contribution in [2.45, 2.75) is 26.7 Å². The molecule has 0 atom stereocenters. The number of aryl methyl sites for hydroxylation is 1. The molecule has 0 aliphatic rings. The lowest BCUT2D eigenvalue weighted by Gasteiger charge is -2.10. The molecule has 2 aromatic carbocycles. The van der Waals surface area contributed by atoms with Crippen LogP contribution in [0.25, 0.3) is 0 Å². The first kappa shape index (κ1) is 17.5. The molecule has 0 aliphatic carbocycles. The Balaban J connectivity index is 1.92. The highest BCUT2D eigenvalue weighted by Crippen LogP contribution is 2.21. The number of benzene rings is 2. The number of nitro groups is 1. The van der Waals surface area contributed by atoms with Gasteiger partial charge in [-0.3, -0.25) is 14.9 Å². The van der Waals surface area contributed by atoms with Crippen molar-refractivity contribution >= 4 is 17.3 Å². The number of ether oxygens (including phenoxy) is 1. The Morgan fingerprint density at radius 3 is 2.42 bits per heavy atom. The van der Waals surface area contributed by atoms with Gasteiger partial charge >= 0.3 is 0 Å². The molecule has 0 heterocycles. The topological polar surface area (TPSA) is 81.5 Å². The number of amides is 1. The third-order valence-corrected chi connectivity index (χ3v) is 3.61. The lowest BCUT2D eigenvalue weighted by molar-refractivity contribution is -0.384. The van der Waals surface area contributed by atoms with Crippen LogP contribution in [0.15, 0.2) is 42.5 Å². The number of anilines is 1. The quantitative estimate of drug-likeness (QED) is 0.641. The minimum absolute atomic E-state index is 0.00742. The van der Waals surface area contributed by atoms with E-state index in [-0.39, 0.29) is 18.2 Å². The number of hydrogen-bond donors (Lipinski definition) is 1. The van der Waals surface area contributed by atoms with Crippen LogP contribution in [0.4, 0.5) is 11.4 Å². The van der Waals surface area contributed by atoms with E-state index in [0.717, 1.165) is 0 Å². The lowest BCUT2D eigenvalue weighted by atomic mass is 10.0. The summed E-state index contributed by atoms with van der Waals surface area (Å²) in [5.41, 5.74) is 2.35. The first-order valence-corrected chi connectivity index (χ1v) is 7.64. The fraction of sp³-hybridized carbons (Fsp3) is 0.278. The van der Waals surface area contributed by atoms with Gasteiger partial charge in [-0.25, -0.2) is 0 Å². The van der Waals surface area contributed by atoms with E-state index < -0.39 is 4.92 Å². The van der Waals surface area contributed by atoms with Crippen LogP contribution < -0.4 is 10.1 Å². The van der Waals surface area contributed by atoms with Crippen LogP contribution in [-0.2, 0) is 4.79 Å². The van der Waals surface area contributed by atoms with Crippen LogP contribution in [-0.4, -0.2) is 17.4 Å². The van der Waals surface area contributed by atoms with Crippen LogP contribution in [0.1, 0.15) is 30.9 Å². The largest absolute Gasteiger partial charge is 0.484 e. The molecule has 1 N–H and O–H groups in total. The second kappa shape index (κ2) is 7.59. The molecule has 1 amide bonds. The van der Waals surface area contributed by atoms with Gasteiger partial charge in [0.2, 0.25) is 0 Å². The summed E-state index contributed by atoms with van der Waals surface area (Å²) in [6.07, 6.45) is 0. The number of nitrogens with one attached hydrogen (secondary N) is 1. The summed E-state index contributed by atoms with van der Waals surface area (Å²) < 4.78 is 5.46. The van der Waals surface area contributed by atoms with E-state index in [9.17, 15) is 14.9 Å². The highest BCUT2D eigenvalue weighted by molar-refractivity contribution is 5.92. The summed E-state index contributed by atoms with van der Waals surface area (Å²) in [6.45, 7) is 5.79. The van der Waals surface area contributed by atoms with Crippen molar-refractivity contribution in [1.29, 1.82) is 0 Å². The smallest absolute Gasteiger partial charge is 0.269 e. The number of non-ortho nitro benzene ring substituents is 1. The van der Waals surface area contributed by atoms with Gasteiger partial charge in [0.15, 0.2) is 6.61 Å². The second-order valence-electron chi connectivity index (χ2n) is 5.82. The van der Waals surface area contributed by atoms with Gasteiger partial charge in [0.1, 0.15) is 5.75 Å². The van der Waals surface area contributed by atoms with Gasteiger partial charge in [0.05, 0.1) is 4.92 Å². The number of rotatable bonds is 6. The van der Waals surface area contributed by atoms with Crippen molar-refractivity contribution in [3.05, 3.63) is 63.7 Å². The first-order chi connectivity index (χ1) is 11.4. The number of nitrogens with zero attached hydrogens (tertiary/aromatic N) is 1. The maximum atomic E-state index is 12.0. The highest BCUT2D eigenvalue weighted by atomic mass is 16.6. The van der Waals surface area contributed by atoms with Crippen LogP contribution in [0.2, 0.25) is 0 Å². The zero-order valence-corrected chi connectivity index (χ0v) is 13.9. The fourth-order valence-corrected chi connectivity index (χ4v) is 2.19. The molecule has 0 saturated carbocycles. The van der Waals surface area contributed by atoms with Crippen LogP contribution in [0, 0.1) is 17.0 Å². The van der Waals surface area contributed by atoms with E-state index in [2.05, 4.69) is 19.2 Å². The molecule has 0 bridgehead atoms. The maximum absolute atomic E-state index is 12.0. The highest BCUT2D eigenvalue weighted by Gasteiger charge is 2.10. The first-order valence-electron chi connectivity index (χ1n) is 7.64. The number of nitro benzene ring substituents is 1. The molecule has 6 nitrogen and oxygen atoms in total. The normalized spacial score (nSPS) is 10.5. The summed E-state index contributed by atoms with van der Waals surface area (Å²) in [5.74, 6) is 0.738. The zero-order valence-electron chi connectivity index (χ0n) is 13.9. The van der Waals surface area contributed by atoms with E-state index in [4.69, 9.17) is 4.74 Å². The van der Waals surface area contributed by atoms with Crippen molar-refractivity contribution in [1.82, 2.24) is 0 Å². The zero-order chi connectivity index (χ0) is 17.7. The molecule has 0 saturated heterocycles. The average Bonchev–Trinajstić information content (AvgIpc) is 2.55. The third-order valence-electron chi connectivity index (χ3n) is 3.61. The van der Waals surface area contributed by atoms with Crippen molar-refractivity contribution in [3.63, 3.8) is 0 Å². The van der Waals surface area contributed by atoms with Crippen LogP contribution in [0.3, 0.4) is 0 Å². The standard InChI is InChI=1S/C18H20N2O4/c1-12(2)14-4-7-16(8-5-14)24-11-18(21)19-17-9-6-15(20(22)23)10-13(17)3/h4-10,12H,11H2,1-3H3,(H,19,21). The molecule has 0 unspecified atom stereocenters. The minimum atomic E-state index is -0.470. The number of hydrogen-bond acceptors (Lipinski definition) is 4. The Morgan fingerprint density at radius 2 is 1.88 bits per heavy atom. The SMILES string of the molecule is Cc1cc([N+](=O)[O-])ccc1NC(=O)COc1ccc(C(C)C)cc1. The number of carbonyl (C=O) groups is 1. The molecule has 0 fully saturated rings. The van der Waals surface area contributed by atoms with E-state index in [1.807, 2.05) is 24.3 Å². The summed E-state index contributed by atoms with van der Waals surface area (Å²) in [4.78, 5) is 22.2. The van der Waals surface area contributed by atoms with Crippen molar-refractivity contribution < 1.29 is 14.5 Å². The monoisotopic (exact) mass is 328 g/mol. The predicted molar refractivity (Wildman–Crippen MR) is 92.5 cm³/mol. The predicted octanol–water partition coefficient (Wildman–Crippen LogP) is 4.04. The van der Waals surface area contributed by atoms with Crippen molar-refractivity contribution in [3.8, 4) is 5.75 Å². The Bertz CT molecular complexity index is 739. The molecular formula is C18H20N2O4. The Morgan fingerprint density at radius 1 is 1.21 bits per heavy atom. The van der Waals surface area contributed by atoms with E-state index in [0.29, 0.717) is 22.9 Å². The second-order valence-corrected chi connectivity index (χ2v) is 5.82. The van der Waals surface area contributed by atoms with Crippen LogP contribution in [0.5, 0.6) is 5.75 Å². The average molecular weight is 328 g/mol. The molecule has 2 aromatic rings. The maximum Gasteiger partial charge on any atom is 0.269 e. The Kier molecular flexibility index (Phi) is 5.52. The van der Waals surface area contributed by atoms with Gasteiger partial charge in [-0.2, -0.15) is 0 Å². The van der Waals surface area contributed by atoms with Crippen molar-refractivity contribution in [2.75, 3.05) is 11.9 Å². The molecule has 126 valence electrons. The van der Waals surface area contributed by atoms with E-state index in [1.165, 1.54) is 23.8 Å². The van der Waals surface area contributed by atoms with E-state index >= 15 is 0 Å². The molecule has 24 heavy (non-hydrogen) atoms. The third kappa shape index (κ3) is 4.55. The summed E-state index contributed by atoms with van der Waals surface area (Å²) in [7, 11) is 0. The van der Waals surface area contributed by atoms with E-state index in [1.54, 1.807) is 6.92 Å². The van der Waals surface area contributed by atoms with Gasteiger partial charge in [-0.1, -0.05) is 26.0 Å². The molecule has 0 radical (unpaired) electrons. The van der Waals surface area contributed by atoms with Crippen LogP contribution >= 0.6 is 0 Å². The van der Waals surface area contributed by atoms with Gasteiger partial charge < -0.3 is 10.1 Å². The molecule has 2 rings (SSSR count). The fourth-order valence-electron chi connectivity index (χ4n) is 2.19. The summed E-state index contributed by atoms with van der Waals surface area (Å²) >= 11 is 0. The molecular weight excluding hydrogens is 308 g/mol. The van der Waals surface area contributed by atoms with Gasteiger partial charge in [0.25, 0.3) is 11.6 Å². The minimum Gasteiger partial charge on any atom is -0.484 e. The Hall–Kier alpha value is -2.89. The van der Waals surface area contributed by atoms with Gasteiger partial charge in [-0.15, -0.1) is 0 Å². The molecule has 6 heteroatoms. The van der Waals surface area contributed by atoms with Gasteiger partial charge in [-0.05, 0) is 42.2 Å². The van der Waals surface area contributed by atoms with Gasteiger partial charge in [0, 0.05) is 17.8 Å². The molecule has 0 spiro atoms.